The molecule has 1 aliphatic rings. The SMILES string of the molecule is CCOC(=O)CCC1(C)C(=O)N(C(C)C)c2ccccc21. The molecule has 4 nitrogen and oxygen atoms in total. The number of nitrogens with zero attached hydrogens (tertiary/aromatic N) is 1. The fraction of sp³-hybridized carbons (Fsp3) is 0.529. The summed E-state index contributed by atoms with van der Waals surface area (Å²) in [4.78, 5) is 26.3. The van der Waals surface area contributed by atoms with Crippen molar-refractivity contribution >= 4 is 17.6 Å². The number of carbonyl (C=O) groups excluding carboxylic acids is 2. The molecular weight excluding hydrogens is 266 g/mol. The summed E-state index contributed by atoms with van der Waals surface area (Å²) in [6.45, 7) is 8.10. The largest absolute Gasteiger partial charge is 0.466 e. The molecule has 4 heteroatoms. The molecule has 1 aromatic carbocycles. The molecule has 0 aliphatic carbocycles. The number of benzene rings is 1. The van der Waals surface area contributed by atoms with E-state index in [1.165, 1.54) is 0 Å². The zero-order chi connectivity index (χ0) is 15.6. The number of amides is 1. The number of esters is 1. The van der Waals surface area contributed by atoms with Crippen LogP contribution in [0.25, 0.3) is 0 Å². The normalized spacial score (nSPS) is 20.8. The second-order valence-corrected chi connectivity index (χ2v) is 5.92. The van der Waals surface area contributed by atoms with E-state index in [9.17, 15) is 9.59 Å². The molecule has 0 radical (unpaired) electrons. The van der Waals surface area contributed by atoms with E-state index >= 15 is 0 Å². The lowest BCUT2D eigenvalue weighted by Crippen LogP contribution is -2.42. The van der Waals surface area contributed by atoms with Gasteiger partial charge in [-0.2, -0.15) is 0 Å². The topological polar surface area (TPSA) is 46.6 Å². The van der Waals surface area contributed by atoms with Crippen molar-refractivity contribution in [3.8, 4) is 0 Å². The maximum absolute atomic E-state index is 12.9. The lowest BCUT2D eigenvalue weighted by atomic mass is 9.79. The van der Waals surface area contributed by atoms with Crippen molar-refractivity contribution in [1.29, 1.82) is 0 Å². The van der Waals surface area contributed by atoms with E-state index in [0.717, 1.165) is 11.3 Å². The van der Waals surface area contributed by atoms with Crippen molar-refractivity contribution in [2.45, 2.75) is 52.0 Å². The molecule has 1 aromatic rings. The van der Waals surface area contributed by atoms with Gasteiger partial charge in [-0.3, -0.25) is 9.59 Å². The molecule has 1 aliphatic heterocycles. The zero-order valence-electron chi connectivity index (χ0n) is 13.2. The Morgan fingerprint density at radius 3 is 2.62 bits per heavy atom. The second kappa shape index (κ2) is 5.88. The monoisotopic (exact) mass is 289 g/mol. The summed E-state index contributed by atoms with van der Waals surface area (Å²) in [5.74, 6) is -0.171. The molecule has 1 amide bonds. The van der Waals surface area contributed by atoms with Crippen LogP contribution in [0.15, 0.2) is 24.3 Å². The Morgan fingerprint density at radius 2 is 2.00 bits per heavy atom. The van der Waals surface area contributed by atoms with E-state index in [2.05, 4.69) is 0 Å². The first-order valence-corrected chi connectivity index (χ1v) is 7.50. The quantitative estimate of drug-likeness (QED) is 0.783. The van der Waals surface area contributed by atoms with Gasteiger partial charge in [0.15, 0.2) is 0 Å². The fourth-order valence-electron chi connectivity index (χ4n) is 2.98. The summed E-state index contributed by atoms with van der Waals surface area (Å²) in [6.07, 6.45) is 0.737. The number of para-hydroxylation sites is 1. The van der Waals surface area contributed by atoms with E-state index in [4.69, 9.17) is 4.74 Å². The van der Waals surface area contributed by atoms with Crippen molar-refractivity contribution in [2.24, 2.45) is 0 Å². The summed E-state index contributed by atoms with van der Waals surface area (Å²) in [5, 5.41) is 0. The van der Waals surface area contributed by atoms with Gasteiger partial charge in [0.05, 0.1) is 12.0 Å². The van der Waals surface area contributed by atoms with Gasteiger partial charge in [-0.15, -0.1) is 0 Å². The van der Waals surface area contributed by atoms with Gasteiger partial charge in [0.1, 0.15) is 0 Å². The van der Waals surface area contributed by atoms with Crippen LogP contribution < -0.4 is 4.90 Å². The van der Waals surface area contributed by atoms with Gasteiger partial charge in [-0.1, -0.05) is 18.2 Å². The molecule has 114 valence electrons. The maximum Gasteiger partial charge on any atom is 0.305 e. The van der Waals surface area contributed by atoms with Crippen LogP contribution >= 0.6 is 0 Å². The molecule has 2 rings (SSSR count). The number of rotatable bonds is 5. The lowest BCUT2D eigenvalue weighted by Gasteiger charge is -2.26. The molecule has 0 fully saturated rings. The van der Waals surface area contributed by atoms with Gasteiger partial charge in [0.25, 0.3) is 0 Å². The average Bonchev–Trinajstić information content (AvgIpc) is 2.67. The third-order valence-corrected chi connectivity index (χ3v) is 4.10. The second-order valence-electron chi connectivity index (χ2n) is 5.92. The number of fused-ring (bicyclic) bond motifs is 1. The Labute approximate surface area is 126 Å². The molecule has 0 N–H and O–H groups in total. The Hall–Kier alpha value is -1.84. The van der Waals surface area contributed by atoms with Crippen LogP contribution in [0, 0.1) is 0 Å². The van der Waals surface area contributed by atoms with Crippen LogP contribution in [-0.4, -0.2) is 24.5 Å². The number of carbonyl (C=O) groups is 2. The molecule has 0 bridgehead atoms. The zero-order valence-corrected chi connectivity index (χ0v) is 13.2. The first-order chi connectivity index (χ1) is 9.91. The smallest absolute Gasteiger partial charge is 0.305 e. The predicted molar refractivity (Wildman–Crippen MR) is 82.3 cm³/mol. The molecule has 1 unspecified atom stereocenters. The third kappa shape index (κ3) is 2.67. The van der Waals surface area contributed by atoms with Crippen LogP contribution in [-0.2, 0) is 19.7 Å². The minimum atomic E-state index is -0.645. The molecule has 1 atom stereocenters. The third-order valence-electron chi connectivity index (χ3n) is 4.10. The highest BCUT2D eigenvalue weighted by Gasteiger charge is 2.47. The summed E-state index contributed by atoms with van der Waals surface area (Å²) >= 11 is 0. The highest BCUT2D eigenvalue weighted by atomic mass is 16.5. The maximum atomic E-state index is 12.9. The van der Waals surface area contributed by atoms with Crippen molar-refractivity contribution < 1.29 is 14.3 Å². The van der Waals surface area contributed by atoms with Gasteiger partial charge in [0, 0.05) is 18.2 Å². The molecule has 21 heavy (non-hydrogen) atoms. The van der Waals surface area contributed by atoms with Crippen LogP contribution in [0.4, 0.5) is 5.69 Å². The van der Waals surface area contributed by atoms with E-state index < -0.39 is 5.41 Å². The van der Waals surface area contributed by atoms with Gasteiger partial charge in [-0.05, 0) is 45.7 Å². The van der Waals surface area contributed by atoms with Gasteiger partial charge >= 0.3 is 5.97 Å². The minimum absolute atomic E-state index is 0.0722. The predicted octanol–water partition coefficient (Wildman–Crippen LogP) is 3.04. The van der Waals surface area contributed by atoms with Crippen LogP contribution in [0.5, 0.6) is 0 Å². The average molecular weight is 289 g/mol. The number of hydrogen-bond acceptors (Lipinski definition) is 3. The minimum Gasteiger partial charge on any atom is -0.466 e. The van der Waals surface area contributed by atoms with Crippen molar-refractivity contribution in [1.82, 2.24) is 0 Å². The highest BCUT2D eigenvalue weighted by molar-refractivity contribution is 6.08. The molecule has 0 spiro atoms. The first kappa shape index (κ1) is 15.5. The standard InChI is InChI=1S/C17H23NO3/c1-5-21-15(19)10-11-17(4)13-8-6-7-9-14(13)18(12(2)3)16(17)20/h6-9,12H,5,10-11H2,1-4H3. The summed E-state index contributed by atoms with van der Waals surface area (Å²) in [5.41, 5.74) is 1.32. The van der Waals surface area contributed by atoms with E-state index in [0.29, 0.717) is 13.0 Å². The molecule has 0 saturated heterocycles. The van der Waals surface area contributed by atoms with Crippen LogP contribution in [0.3, 0.4) is 0 Å². The molecule has 0 saturated carbocycles. The van der Waals surface area contributed by atoms with Gasteiger partial charge in [0.2, 0.25) is 5.91 Å². The molecule has 1 heterocycles. The van der Waals surface area contributed by atoms with E-state index in [-0.39, 0.29) is 24.3 Å². The summed E-state index contributed by atoms with van der Waals surface area (Å²) in [6, 6.07) is 7.95. The number of anilines is 1. The van der Waals surface area contributed by atoms with Crippen molar-refractivity contribution in [3.05, 3.63) is 29.8 Å². The molecule has 0 aromatic heterocycles. The van der Waals surface area contributed by atoms with E-state index in [1.54, 1.807) is 6.92 Å². The number of hydrogen-bond donors (Lipinski definition) is 0. The Kier molecular flexibility index (Phi) is 4.35. The Bertz CT molecular complexity index is 553. The van der Waals surface area contributed by atoms with Crippen molar-refractivity contribution in [3.63, 3.8) is 0 Å². The fourth-order valence-corrected chi connectivity index (χ4v) is 2.98. The Balaban J connectivity index is 2.31. The Morgan fingerprint density at radius 1 is 1.33 bits per heavy atom. The van der Waals surface area contributed by atoms with Gasteiger partial charge < -0.3 is 9.64 Å². The van der Waals surface area contributed by atoms with E-state index in [1.807, 2.05) is 49.9 Å². The molecular formula is C17H23NO3. The van der Waals surface area contributed by atoms with Crippen LogP contribution in [0.1, 0.15) is 46.1 Å². The summed E-state index contributed by atoms with van der Waals surface area (Å²) in [7, 11) is 0. The number of ether oxygens (including phenoxy) is 1. The van der Waals surface area contributed by atoms with Gasteiger partial charge in [-0.25, -0.2) is 0 Å². The lowest BCUT2D eigenvalue weighted by molar-refractivity contribution is -0.143. The van der Waals surface area contributed by atoms with Crippen LogP contribution in [0.2, 0.25) is 0 Å². The highest BCUT2D eigenvalue weighted by Crippen LogP contribution is 2.45. The first-order valence-electron chi connectivity index (χ1n) is 7.50. The van der Waals surface area contributed by atoms with Crippen molar-refractivity contribution in [2.75, 3.05) is 11.5 Å². The summed E-state index contributed by atoms with van der Waals surface area (Å²) < 4.78 is 4.98.